The van der Waals surface area contributed by atoms with Crippen LogP contribution in [0.5, 0.6) is 0 Å². The number of hydrogen-bond acceptors (Lipinski definition) is 4. The van der Waals surface area contributed by atoms with Crippen LogP contribution < -0.4 is 0 Å². The molecule has 4 nitrogen and oxygen atoms in total. The van der Waals surface area contributed by atoms with Crippen molar-refractivity contribution in [3.8, 4) is 0 Å². The average molecular weight is 336 g/mol. The lowest BCUT2D eigenvalue weighted by Gasteiger charge is -2.19. The minimum atomic E-state index is -0.615. The molecule has 0 amide bonds. The van der Waals surface area contributed by atoms with Gasteiger partial charge in [0, 0.05) is 0 Å². The summed E-state index contributed by atoms with van der Waals surface area (Å²) in [6.07, 6.45) is 0. The Morgan fingerprint density at radius 2 is 1.40 bits per heavy atom. The Balaban J connectivity index is 1.96. The van der Waals surface area contributed by atoms with Crippen molar-refractivity contribution in [3.05, 3.63) is 60.2 Å². The Bertz CT molecular complexity index is 897. The van der Waals surface area contributed by atoms with Crippen molar-refractivity contribution in [2.24, 2.45) is 0 Å². The Hall–Kier alpha value is -2.88. The molecule has 0 saturated carbocycles. The number of hydrogen-bond donors (Lipinski definition) is 0. The maximum Gasteiger partial charge on any atom is 0.344 e. The molecule has 4 heteroatoms. The number of esters is 2. The van der Waals surface area contributed by atoms with Gasteiger partial charge < -0.3 is 9.47 Å². The maximum absolute atomic E-state index is 12.7. The molecule has 0 aromatic heterocycles. The SMILES string of the molecule is CC(C)(C)OC(=O)COC(=O)c1c2ccccc2cc2ccccc12. The fourth-order valence-corrected chi connectivity index (χ4v) is 2.80. The number of carbonyl (C=O) groups excluding carboxylic acids is 2. The highest BCUT2D eigenvalue weighted by Crippen LogP contribution is 2.29. The molecule has 0 N–H and O–H groups in total. The van der Waals surface area contributed by atoms with Gasteiger partial charge in [-0.2, -0.15) is 0 Å². The highest BCUT2D eigenvalue weighted by molar-refractivity contribution is 6.16. The summed E-state index contributed by atoms with van der Waals surface area (Å²) in [5.41, 5.74) is -0.146. The van der Waals surface area contributed by atoms with Gasteiger partial charge in [0.25, 0.3) is 0 Å². The molecule has 3 aromatic rings. The van der Waals surface area contributed by atoms with Crippen molar-refractivity contribution in [2.75, 3.05) is 6.61 Å². The van der Waals surface area contributed by atoms with Gasteiger partial charge in [-0.3, -0.25) is 0 Å². The predicted molar refractivity (Wildman–Crippen MR) is 97.6 cm³/mol. The number of ether oxygens (including phenoxy) is 2. The first kappa shape index (κ1) is 17.0. The third kappa shape index (κ3) is 3.79. The molecule has 0 unspecified atom stereocenters. The topological polar surface area (TPSA) is 52.6 Å². The molecule has 25 heavy (non-hydrogen) atoms. The molecule has 0 heterocycles. The standard InChI is InChI=1S/C21H20O4/c1-21(2,3)25-18(22)13-24-20(23)19-16-10-6-4-8-14(16)12-15-9-5-7-11-17(15)19/h4-12H,13H2,1-3H3. The lowest BCUT2D eigenvalue weighted by atomic mass is 9.97. The van der Waals surface area contributed by atoms with E-state index in [1.807, 2.05) is 54.6 Å². The Morgan fingerprint density at radius 3 is 1.92 bits per heavy atom. The molecule has 128 valence electrons. The summed E-state index contributed by atoms with van der Waals surface area (Å²) in [4.78, 5) is 24.5. The lowest BCUT2D eigenvalue weighted by Crippen LogP contribution is -2.27. The Labute approximate surface area is 146 Å². The van der Waals surface area contributed by atoms with E-state index in [2.05, 4.69) is 0 Å². The first-order valence-corrected chi connectivity index (χ1v) is 8.14. The van der Waals surface area contributed by atoms with Gasteiger partial charge in [0.15, 0.2) is 6.61 Å². The summed E-state index contributed by atoms with van der Waals surface area (Å²) in [6, 6.07) is 17.3. The van der Waals surface area contributed by atoms with E-state index in [0.717, 1.165) is 21.5 Å². The maximum atomic E-state index is 12.7. The van der Waals surface area contributed by atoms with Crippen LogP contribution in [0.1, 0.15) is 31.1 Å². The number of carbonyl (C=O) groups is 2. The monoisotopic (exact) mass is 336 g/mol. The van der Waals surface area contributed by atoms with E-state index in [4.69, 9.17) is 9.47 Å². The summed E-state index contributed by atoms with van der Waals surface area (Å²) < 4.78 is 10.4. The number of fused-ring (bicyclic) bond motifs is 2. The van der Waals surface area contributed by atoms with Gasteiger partial charge in [0.05, 0.1) is 5.56 Å². The molecule has 0 radical (unpaired) electrons. The quantitative estimate of drug-likeness (QED) is 0.522. The molecule has 0 fully saturated rings. The largest absolute Gasteiger partial charge is 0.457 e. The second-order valence-electron chi connectivity index (χ2n) is 6.86. The highest BCUT2D eigenvalue weighted by atomic mass is 16.6. The van der Waals surface area contributed by atoms with Crippen molar-refractivity contribution < 1.29 is 19.1 Å². The van der Waals surface area contributed by atoms with Gasteiger partial charge in [-0.25, -0.2) is 9.59 Å². The van der Waals surface area contributed by atoms with E-state index < -0.39 is 24.1 Å². The van der Waals surface area contributed by atoms with Gasteiger partial charge in [-0.15, -0.1) is 0 Å². The molecule has 3 rings (SSSR count). The van der Waals surface area contributed by atoms with Gasteiger partial charge in [-0.05, 0) is 48.4 Å². The van der Waals surface area contributed by atoms with Crippen molar-refractivity contribution in [3.63, 3.8) is 0 Å². The van der Waals surface area contributed by atoms with Crippen LogP contribution in [0.2, 0.25) is 0 Å². The first-order chi connectivity index (χ1) is 11.8. The predicted octanol–water partition coefficient (Wildman–Crippen LogP) is 4.49. The minimum absolute atomic E-state index is 0.409. The third-order valence-corrected chi connectivity index (χ3v) is 3.72. The molecule has 0 saturated heterocycles. The van der Waals surface area contributed by atoms with Crippen LogP contribution in [0.15, 0.2) is 54.6 Å². The Kier molecular flexibility index (Phi) is 4.45. The molecular formula is C21H20O4. The molecule has 0 aliphatic rings. The van der Waals surface area contributed by atoms with E-state index in [1.54, 1.807) is 20.8 Å². The van der Waals surface area contributed by atoms with E-state index in [0.29, 0.717) is 5.56 Å². The zero-order chi connectivity index (χ0) is 18.0. The number of rotatable bonds is 3. The van der Waals surface area contributed by atoms with Crippen LogP contribution >= 0.6 is 0 Å². The molecule has 0 spiro atoms. The summed E-state index contributed by atoms with van der Waals surface area (Å²) in [6.45, 7) is 4.90. The zero-order valence-corrected chi connectivity index (χ0v) is 14.5. The fourth-order valence-electron chi connectivity index (χ4n) is 2.80. The van der Waals surface area contributed by atoms with Gasteiger partial charge in [-0.1, -0.05) is 48.5 Å². The van der Waals surface area contributed by atoms with E-state index in [1.165, 1.54) is 0 Å². The van der Waals surface area contributed by atoms with Crippen LogP contribution in [0.25, 0.3) is 21.5 Å². The van der Waals surface area contributed by atoms with Crippen LogP contribution in [0.4, 0.5) is 0 Å². The summed E-state index contributed by atoms with van der Waals surface area (Å²) in [5.74, 6) is -1.09. The highest BCUT2D eigenvalue weighted by Gasteiger charge is 2.20. The van der Waals surface area contributed by atoms with Crippen LogP contribution in [0, 0.1) is 0 Å². The fraction of sp³-hybridized carbons (Fsp3) is 0.238. The summed E-state index contributed by atoms with van der Waals surface area (Å²) >= 11 is 0. The van der Waals surface area contributed by atoms with Crippen LogP contribution in [-0.2, 0) is 14.3 Å². The molecule has 3 aromatic carbocycles. The van der Waals surface area contributed by atoms with E-state index >= 15 is 0 Å². The van der Waals surface area contributed by atoms with Crippen molar-refractivity contribution in [1.29, 1.82) is 0 Å². The normalized spacial score (nSPS) is 11.5. The molecule has 0 aliphatic heterocycles. The third-order valence-electron chi connectivity index (χ3n) is 3.72. The number of benzene rings is 3. The van der Waals surface area contributed by atoms with Crippen LogP contribution in [-0.4, -0.2) is 24.1 Å². The minimum Gasteiger partial charge on any atom is -0.457 e. The van der Waals surface area contributed by atoms with Crippen LogP contribution in [0.3, 0.4) is 0 Å². The second kappa shape index (κ2) is 6.55. The summed E-state index contributed by atoms with van der Waals surface area (Å²) in [5, 5.41) is 3.50. The zero-order valence-electron chi connectivity index (χ0n) is 14.5. The molecule has 0 bridgehead atoms. The van der Waals surface area contributed by atoms with Gasteiger partial charge >= 0.3 is 11.9 Å². The smallest absolute Gasteiger partial charge is 0.344 e. The van der Waals surface area contributed by atoms with E-state index in [-0.39, 0.29) is 0 Å². The molecule has 0 atom stereocenters. The summed E-state index contributed by atoms with van der Waals surface area (Å²) in [7, 11) is 0. The first-order valence-electron chi connectivity index (χ1n) is 8.14. The lowest BCUT2D eigenvalue weighted by molar-refractivity contribution is -0.158. The van der Waals surface area contributed by atoms with Crippen molar-refractivity contribution >= 4 is 33.5 Å². The van der Waals surface area contributed by atoms with E-state index in [9.17, 15) is 9.59 Å². The van der Waals surface area contributed by atoms with Crippen molar-refractivity contribution in [2.45, 2.75) is 26.4 Å². The Morgan fingerprint density at radius 1 is 0.880 bits per heavy atom. The molecule has 0 aliphatic carbocycles. The second-order valence-corrected chi connectivity index (χ2v) is 6.86. The molecular weight excluding hydrogens is 316 g/mol. The van der Waals surface area contributed by atoms with Gasteiger partial charge in [0.2, 0.25) is 0 Å². The van der Waals surface area contributed by atoms with Crippen molar-refractivity contribution in [1.82, 2.24) is 0 Å². The average Bonchev–Trinajstić information content (AvgIpc) is 2.56. The van der Waals surface area contributed by atoms with Gasteiger partial charge in [0.1, 0.15) is 5.60 Å².